The first-order chi connectivity index (χ1) is 14.2. The molecule has 3 aromatic rings. The summed E-state index contributed by atoms with van der Waals surface area (Å²) in [6, 6.07) is 15.6. The summed E-state index contributed by atoms with van der Waals surface area (Å²) in [7, 11) is 0. The maximum absolute atomic E-state index is 12.9. The molecule has 0 radical (unpaired) electrons. The summed E-state index contributed by atoms with van der Waals surface area (Å²) >= 11 is 0. The van der Waals surface area contributed by atoms with Gasteiger partial charge in [0.1, 0.15) is 24.0 Å². The summed E-state index contributed by atoms with van der Waals surface area (Å²) < 4.78 is 17.4. The zero-order valence-electron chi connectivity index (χ0n) is 16.2. The molecule has 3 heterocycles. The maximum atomic E-state index is 12.9. The number of hydrogen-bond donors (Lipinski definition) is 0. The lowest BCUT2D eigenvalue weighted by Gasteiger charge is -2.29. The first-order valence-electron chi connectivity index (χ1n) is 9.78. The summed E-state index contributed by atoms with van der Waals surface area (Å²) in [5.74, 6) is 2.50. The fraction of sp³-hybridized carbons (Fsp3) is 0.208. The molecule has 0 saturated carbocycles. The van der Waals surface area contributed by atoms with Crippen LogP contribution in [0.2, 0.25) is 0 Å². The molecule has 2 aromatic carbocycles. The van der Waals surface area contributed by atoms with Crippen LogP contribution < -0.4 is 9.47 Å². The van der Waals surface area contributed by atoms with Crippen molar-refractivity contribution in [1.82, 2.24) is 4.90 Å². The Labute approximate surface area is 169 Å². The third-order valence-electron chi connectivity index (χ3n) is 5.33. The van der Waals surface area contributed by atoms with Gasteiger partial charge in [-0.15, -0.1) is 0 Å². The molecule has 5 nitrogen and oxygen atoms in total. The van der Waals surface area contributed by atoms with Crippen molar-refractivity contribution in [2.45, 2.75) is 26.4 Å². The van der Waals surface area contributed by atoms with Crippen molar-refractivity contribution in [2.24, 2.45) is 0 Å². The minimum Gasteiger partial charge on any atom is -0.478 e. The molecular formula is C24H21NO4. The van der Waals surface area contributed by atoms with Gasteiger partial charge < -0.3 is 13.9 Å². The predicted octanol–water partition coefficient (Wildman–Crippen LogP) is 4.81. The van der Waals surface area contributed by atoms with Gasteiger partial charge >= 0.3 is 0 Å². The molecule has 0 saturated heterocycles. The fourth-order valence-corrected chi connectivity index (χ4v) is 3.73. The highest BCUT2D eigenvalue weighted by Gasteiger charge is 2.33. The number of allylic oxidation sites excluding steroid dienone is 1. The van der Waals surface area contributed by atoms with Crippen molar-refractivity contribution in [3.63, 3.8) is 0 Å². The van der Waals surface area contributed by atoms with Crippen LogP contribution in [0.5, 0.6) is 11.5 Å². The number of furan rings is 1. The smallest absolute Gasteiger partial charge is 0.231 e. The molecule has 5 rings (SSSR count). The number of ether oxygens (including phenoxy) is 2. The Morgan fingerprint density at radius 1 is 1.10 bits per heavy atom. The topological polar surface area (TPSA) is 51.9 Å². The minimum atomic E-state index is -0.0921. The van der Waals surface area contributed by atoms with E-state index < -0.39 is 0 Å². The number of carbonyl (C=O) groups excluding carboxylic acids is 1. The first kappa shape index (κ1) is 17.8. The van der Waals surface area contributed by atoms with Crippen LogP contribution in [0.25, 0.3) is 6.08 Å². The van der Waals surface area contributed by atoms with Crippen LogP contribution in [0, 0.1) is 0 Å². The molecule has 146 valence electrons. The molecule has 2 aliphatic heterocycles. The average molecular weight is 387 g/mol. The monoisotopic (exact) mass is 387 g/mol. The summed E-state index contributed by atoms with van der Waals surface area (Å²) in [6.45, 7) is 3.85. The van der Waals surface area contributed by atoms with Gasteiger partial charge in [0.05, 0.1) is 23.9 Å². The van der Waals surface area contributed by atoms with Crippen LogP contribution >= 0.6 is 0 Å². The van der Waals surface area contributed by atoms with Gasteiger partial charge in [-0.1, -0.05) is 31.2 Å². The number of ketones is 1. The standard InChI is InChI=1S/C24H21NO4/c1-2-16-5-7-17(8-6-16)12-22-23(26)19-9-10-21-20(24(19)29-22)14-25(15-28-21)13-18-4-3-11-27-18/h3-12H,2,13-15H2,1H3/b22-12-. The van der Waals surface area contributed by atoms with E-state index in [4.69, 9.17) is 13.9 Å². The van der Waals surface area contributed by atoms with Crippen LogP contribution in [0.4, 0.5) is 0 Å². The minimum absolute atomic E-state index is 0.0921. The van der Waals surface area contributed by atoms with Gasteiger partial charge in [0, 0.05) is 6.54 Å². The van der Waals surface area contributed by atoms with E-state index >= 15 is 0 Å². The Morgan fingerprint density at radius 3 is 2.72 bits per heavy atom. The van der Waals surface area contributed by atoms with E-state index in [-0.39, 0.29) is 5.78 Å². The van der Waals surface area contributed by atoms with Crippen molar-refractivity contribution in [1.29, 1.82) is 0 Å². The van der Waals surface area contributed by atoms with Crippen LogP contribution in [-0.2, 0) is 19.5 Å². The number of carbonyl (C=O) groups is 1. The normalized spacial score (nSPS) is 17.0. The van der Waals surface area contributed by atoms with Gasteiger partial charge in [-0.25, -0.2) is 0 Å². The molecule has 0 amide bonds. The molecule has 0 bridgehead atoms. The molecule has 1 aromatic heterocycles. The zero-order valence-corrected chi connectivity index (χ0v) is 16.2. The van der Waals surface area contributed by atoms with Gasteiger partial charge in [0.15, 0.2) is 5.76 Å². The van der Waals surface area contributed by atoms with Crippen molar-refractivity contribution in [2.75, 3.05) is 6.73 Å². The second-order valence-electron chi connectivity index (χ2n) is 7.29. The number of aryl methyl sites for hydroxylation is 1. The average Bonchev–Trinajstić information content (AvgIpc) is 3.37. The van der Waals surface area contributed by atoms with Gasteiger partial charge in [-0.2, -0.15) is 0 Å². The number of rotatable bonds is 4. The number of Topliss-reactive ketones (excluding diaryl/α,β-unsaturated/α-hetero) is 1. The summed E-state index contributed by atoms with van der Waals surface area (Å²) in [6.07, 6.45) is 4.45. The molecule has 0 fully saturated rings. The maximum Gasteiger partial charge on any atom is 0.231 e. The highest BCUT2D eigenvalue weighted by atomic mass is 16.5. The summed E-state index contributed by atoms with van der Waals surface area (Å²) in [5.41, 5.74) is 3.70. The Morgan fingerprint density at radius 2 is 1.97 bits per heavy atom. The molecule has 0 spiro atoms. The van der Waals surface area contributed by atoms with Crippen LogP contribution in [0.1, 0.15) is 39.7 Å². The Bertz CT molecular complexity index is 1080. The fourth-order valence-electron chi connectivity index (χ4n) is 3.73. The first-order valence-corrected chi connectivity index (χ1v) is 9.78. The number of nitrogens with zero attached hydrogens (tertiary/aromatic N) is 1. The van der Waals surface area contributed by atoms with E-state index in [2.05, 4.69) is 24.0 Å². The molecule has 0 aliphatic carbocycles. The highest BCUT2D eigenvalue weighted by Crippen LogP contribution is 2.42. The van der Waals surface area contributed by atoms with Crippen LogP contribution in [-0.4, -0.2) is 17.4 Å². The lowest BCUT2D eigenvalue weighted by Crippen LogP contribution is -2.31. The van der Waals surface area contributed by atoms with Crippen LogP contribution in [0.15, 0.2) is 65.0 Å². The lowest BCUT2D eigenvalue weighted by atomic mass is 10.0. The molecular weight excluding hydrogens is 366 g/mol. The third-order valence-corrected chi connectivity index (χ3v) is 5.33. The Balaban J connectivity index is 1.42. The Hall–Kier alpha value is -3.31. The van der Waals surface area contributed by atoms with Crippen molar-refractivity contribution >= 4 is 11.9 Å². The van der Waals surface area contributed by atoms with E-state index in [1.54, 1.807) is 18.4 Å². The SMILES string of the molecule is CCc1ccc(/C=C2\Oc3c(ccc4c3CN(Cc3ccco3)CO4)C2=O)cc1. The molecule has 5 heteroatoms. The van der Waals surface area contributed by atoms with Crippen molar-refractivity contribution < 1.29 is 18.7 Å². The predicted molar refractivity (Wildman–Crippen MR) is 109 cm³/mol. The van der Waals surface area contributed by atoms with Crippen molar-refractivity contribution in [3.8, 4) is 11.5 Å². The molecule has 29 heavy (non-hydrogen) atoms. The van der Waals surface area contributed by atoms with Crippen molar-refractivity contribution in [3.05, 3.63) is 88.6 Å². The Kier molecular flexibility index (Phi) is 4.45. The molecule has 0 N–H and O–H groups in total. The quantitative estimate of drug-likeness (QED) is 0.602. The van der Waals surface area contributed by atoms with E-state index in [1.165, 1.54) is 5.56 Å². The van der Waals surface area contributed by atoms with E-state index in [9.17, 15) is 4.79 Å². The van der Waals surface area contributed by atoms with Gasteiger partial charge in [-0.05, 0) is 47.9 Å². The second-order valence-corrected chi connectivity index (χ2v) is 7.29. The summed E-state index contributed by atoms with van der Waals surface area (Å²) in [5, 5.41) is 0. The molecule has 2 aliphatic rings. The lowest BCUT2D eigenvalue weighted by molar-refractivity contribution is 0.0810. The second kappa shape index (κ2) is 7.26. The third kappa shape index (κ3) is 3.34. The van der Waals surface area contributed by atoms with E-state index in [0.29, 0.717) is 36.9 Å². The number of benzene rings is 2. The summed E-state index contributed by atoms with van der Waals surface area (Å²) in [4.78, 5) is 15.0. The van der Waals surface area contributed by atoms with Gasteiger partial charge in [-0.3, -0.25) is 9.69 Å². The molecule has 0 unspecified atom stereocenters. The number of hydrogen-bond acceptors (Lipinski definition) is 5. The number of fused-ring (bicyclic) bond motifs is 3. The zero-order chi connectivity index (χ0) is 19.8. The van der Waals surface area contributed by atoms with E-state index in [1.807, 2.05) is 30.3 Å². The van der Waals surface area contributed by atoms with Crippen LogP contribution in [0.3, 0.4) is 0 Å². The molecule has 0 atom stereocenters. The highest BCUT2D eigenvalue weighted by molar-refractivity contribution is 6.15. The van der Waals surface area contributed by atoms with E-state index in [0.717, 1.165) is 29.1 Å². The van der Waals surface area contributed by atoms with Gasteiger partial charge in [0.25, 0.3) is 0 Å². The largest absolute Gasteiger partial charge is 0.478 e. The van der Waals surface area contributed by atoms with Gasteiger partial charge in [0.2, 0.25) is 5.78 Å².